The zero-order chi connectivity index (χ0) is 12.4. The fourth-order valence-corrected chi connectivity index (χ4v) is 2.29. The van der Waals surface area contributed by atoms with Crippen molar-refractivity contribution >= 4 is 15.9 Å². The normalized spacial score (nSPS) is 12.5. The average molecular weight is 295 g/mol. The lowest BCUT2D eigenvalue weighted by Crippen LogP contribution is -2.04. The van der Waals surface area contributed by atoms with E-state index in [9.17, 15) is 9.50 Å². The Balaban J connectivity index is 2.44. The highest BCUT2D eigenvalue weighted by Gasteiger charge is 2.16. The molecule has 0 amide bonds. The summed E-state index contributed by atoms with van der Waals surface area (Å²) in [7, 11) is 0. The molecule has 1 unspecified atom stereocenters. The Bertz CT molecular complexity index is 539. The molecule has 2 aromatic rings. The van der Waals surface area contributed by atoms with Gasteiger partial charge in [-0.15, -0.1) is 0 Å². The third-order valence-corrected chi connectivity index (χ3v) is 3.22. The predicted molar refractivity (Wildman–Crippen MR) is 69.3 cm³/mol. The Morgan fingerprint density at radius 2 is 1.82 bits per heavy atom. The molecule has 0 spiro atoms. The van der Waals surface area contributed by atoms with Gasteiger partial charge in [0.05, 0.1) is 0 Å². The zero-order valence-corrected chi connectivity index (χ0v) is 10.9. The maximum absolute atomic E-state index is 13.6. The quantitative estimate of drug-likeness (QED) is 0.888. The first-order chi connectivity index (χ1) is 8.09. The maximum atomic E-state index is 13.6. The molecule has 0 heterocycles. The molecule has 0 saturated carbocycles. The van der Waals surface area contributed by atoms with Crippen molar-refractivity contribution in [2.75, 3.05) is 0 Å². The van der Waals surface area contributed by atoms with Crippen LogP contribution in [0.2, 0.25) is 0 Å². The summed E-state index contributed by atoms with van der Waals surface area (Å²) in [5, 5.41) is 10.2. The number of halogens is 2. The number of rotatable bonds is 2. The molecule has 17 heavy (non-hydrogen) atoms. The second kappa shape index (κ2) is 4.98. The summed E-state index contributed by atoms with van der Waals surface area (Å²) < 4.78 is 14.5. The molecule has 0 aliphatic heterocycles. The number of aliphatic hydroxyl groups excluding tert-OH is 1. The van der Waals surface area contributed by atoms with Crippen LogP contribution in [0.5, 0.6) is 0 Å². The second-order valence-electron chi connectivity index (χ2n) is 3.92. The number of benzene rings is 2. The van der Waals surface area contributed by atoms with Crippen LogP contribution < -0.4 is 0 Å². The Labute approximate surface area is 108 Å². The van der Waals surface area contributed by atoms with Crippen molar-refractivity contribution in [1.82, 2.24) is 0 Å². The highest BCUT2D eigenvalue weighted by Crippen LogP contribution is 2.28. The first-order valence-corrected chi connectivity index (χ1v) is 6.07. The molecule has 1 nitrogen and oxygen atoms in total. The molecule has 0 fully saturated rings. The summed E-state index contributed by atoms with van der Waals surface area (Å²) in [6.45, 7) is 1.89. The van der Waals surface area contributed by atoms with Crippen LogP contribution in [-0.4, -0.2) is 5.11 Å². The van der Waals surface area contributed by atoms with E-state index in [0.29, 0.717) is 5.56 Å². The van der Waals surface area contributed by atoms with E-state index in [-0.39, 0.29) is 5.82 Å². The number of hydrogen-bond donors (Lipinski definition) is 1. The molecule has 0 aliphatic carbocycles. The van der Waals surface area contributed by atoms with Crippen LogP contribution in [-0.2, 0) is 0 Å². The lowest BCUT2D eigenvalue weighted by molar-refractivity contribution is 0.214. The van der Waals surface area contributed by atoms with E-state index in [1.165, 1.54) is 6.07 Å². The molecule has 88 valence electrons. The van der Waals surface area contributed by atoms with Gasteiger partial charge < -0.3 is 5.11 Å². The molecule has 0 saturated heterocycles. The molecule has 3 heteroatoms. The lowest BCUT2D eigenvalue weighted by atomic mass is 9.97. The van der Waals surface area contributed by atoms with Crippen molar-refractivity contribution in [2.24, 2.45) is 0 Å². The molecule has 0 aliphatic rings. The third-order valence-electron chi connectivity index (χ3n) is 2.73. The monoisotopic (exact) mass is 294 g/mol. The second-order valence-corrected chi connectivity index (χ2v) is 4.84. The summed E-state index contributed by atoms with van der Waals surface area (Å²) >= 11 is 3.36. The van der Waals surface area contributed by atoms with E-state index in [2.05, 4.69) is 15.9 Å². The van der Waals surface area contributed by atoms with Crippen LogP contribution in [0, 0.1) is 12.7 Å². The van der Waals surface area contributed by atoms with Crippen molar-refractivity contribution in [1.29, 1.82) is 0 Å². The van der Waals surface area contributed by atoms with Gasteiger partial charge >= 0.3 is 0 Å². The van der Waals surface area contributed by atoms with Gasteiger partial charge in [0.1, 0.15) is 11.9 Å². The highest BCUT2D eigenvalue weighted by molar-refractivity contribution is 9.10. The maximum Gasteiger partial charge on any atom is 0.129 e. The number of hydrogen-bond acceptors (Lipinski definition) is 1. The minimum Gasteiger partial charge on any atom is -0.384 e. The average Bonchev–Trinajstić information content (AvgIpc) is 2.29. The topological polar surface area (TPSA) is 20.2 Å². The van der Waals surface area contributed by atoms with Crippen LogP contribution in [0.25, 0.3) is 0 Å². The van der Waals surface area contributed by atoms with Crippen molar-refractivity contribution < 1.29 is 9.50 Å². The van der Waals surface area contributed by atoms with Crippen molar-refractivity contribution in [3.05, 3.63) is 69.4 Å². The largest absolute Gasteiger partial charge is 0.384 e. The van der Waals surface area contributed by atoms with Crippen LogP contribution in [0.15, 0.2) is 46.9 Å². The SMILES string of the molecule is Cc1cc(Br)ccc1C(O)c1ccccc1F. The van der Waals surface area contributed by atoms with Gasteiger partial charge in [0.25, 0.3) is 0 Å². The Hall–Kier alpha value is -1.19. The van der Waals surface area contributed by atoms with E-state index in [4.69, 9.17) is 0 Å². The van der Waals surface area contributed by atoms with Crippen molar-refractivity contribution in [2.45, 2.75) is 13.0 Å². The Morgan fingerprint density at radius 3 is 2.47 bits per heavy atom. The van der Waals surface area contributed by atoms with Crippen LogP contribution in [0.4, 0.5) is 4.39 Å². The minimum atomic E-state index is -0.927. The van der Waals surface area contributed by atoms with Gasteiger partial charge in [-0.2, -0.15) is 0 Å². The Morgan fingerprint density at radius 1 is 1.12 bits per heavy atom. The summed E-state index contributed by atoms with van der Waals surface area (Å²) in [6.07, 6.45) is -0.927. The highest BCUT2D eigenvalue weighted by atomic mass is 79.9. The van der Waals surface area contributed by atoms with E-state index in [1.807, 2.05) is 19.1 Å². The molecular weight excluding hydrogens is 283 g/mol. The van der Waals surface area contributed by atoms with Crippen molar-refractivity contribution in [3.63, 3.8) is 0 Å². The molecule has 0 aromatic heterocycles. The summed E-state index contributed by atoms with van der Waals surface area (Å²) in [6, 6.07) is 11.8. The van der Waals surface area contributed by atoms with Gasteiger partial charge in [-0.3, -0.25) is 0 Å². The number of aliphatic hydroxyl groups is 1. The van der Waals surface area contributed by atoms with Gasteiger partial charge in [-0.25, -0.2) is 4.39 Å². The predicted octanol–water partition coefficient (Wildman–Crippen LogP) is 3.98. The van der Waals surface area contributed by atoms with Crippen LogP contribution >= 0.6 is 15.9 Å². The van der Waals surface area contributed by atoms with E-state index >= 15 is 0 Å². The van der Waals surface area contributed by atoms with Gasteiger partial charge in [0.2, 0.25) is 0 Å². The summed E-state index contributed by atoms with van der Waals surface area (Å²) in [5.74, 6) is -0.387. The third kappa shape index (κ3) is 2.56. The van der Waals surface area contributed by atoms with Crippen LogP contribution in [0.1, 0.15) is 22.8 Å². The first kappa shape index (κ1) is 12.3. The van der Waals surface area contributed by atoms with E-state index in [0.717, 1.165) is 15.6 Å². The first-order valence-electron chi connectivity index (χ1n) is 5.28. The van der Waals surface area contributed by atoms with E-state index in [1.54, 1.807) is 24.3 Å². The van der Waals surface area contributed by atoms with Gasteiger partial charge in [0.15, 0.2) is 0 Å². The zero-order valence-electron chi connectivity index (χ0n) is 9.32. The molecule has 0 bridgehead atoms. The van der Waals surface area contributed by atoms with Gasteiger partial charge in [-0.1, -0.05) is 40.2 Å². The smallest absolute Gasteiger partial charge is 0.129 e. The molecular formula is C14H12BrFO. The molecule has 2 aromatic carbocycles. The molecule has 1 atom stereocenters. The molecule has 2 rings (SSSR count). The van der Waals surface area contributed by atoms with E-state index < -0.39 is 6.10 Å². The summed E-state index contributed by atoms with van der Waals surface area (Å²) in [4.78, 5) is 0. The van der Waals surface area contributed by atoms with Gasteiger partial charge in [-0.05, 0) is 36.2 Å². The fourth-order valence-electron chi connectivity index (χ4n) is 1.81. The number of aryl methyl sites for hydroxylation is 1. The molecule has 0 radical (unpaired) electrons. The summed E-state index contributed by atoms with van der Waals surface area (Å²) in [5.41, 5.74) is 1.95. The lowest BCUT2D eigenvalue weighted by Gasteiger charge is -2.15. The standard InChI is InChI=1S/C14H12BrFO/c1-9-8-10(15)6-7-11(9)14(17)12-4-2-3-5-13(12)16/h2-8,14,17H,1H3. The minimum absolute atomic E-state index is 0.304. The fraction of sp³-hybridized carbons (Fsp3) is 0.143. The molecule has 1 N–H and O–H groups in total. The van der Waals surface area contributed by atoms with Crippen LogP contribution in [0.3, 0.4) is 0 Å². The van der Waals surface area contributed by atoms with Crippen molar-refractivity contribution in [3.8, 4) is 0 Å². The van der Waals surface area contributed by atoms with Gasteiger partial charge in [0, 0.05) is 10.0 Å². The Kier molecular flexibility index (Phi) is 3.60.